The van der Waals surface area contributed by atoms with Crippen LogP contribution in [0.3, 0.4) is 0 Å². The van der Waals surface area contributed by atoms with Gasteiger partial charge in [-0.25, -0.2) is 4.98 Å². The highest BCUT2D eigenvalue weighted by atomic mass is 16.5. The molecule has 1 aliphatic heterocycles. The molecule has 0 saturated carbocycles. The maximum absolute atomic E-state index is 12.8. The van der Waals surface area contributed by atoms with E-state index in [9.17, 15) is 4.79 Å². The summed E-state index contributed by atoms with van der Waals surface area (Å²) in [6, 6.07) is 11.7. The number of aromatic nitrogens is 2. The smallest absolute Gasteiger partial charge is 0.259 e. The third-order valence-corrected chi connectivity index (χ3v) is 4.36. The van der Waals surface area contributed by atoms with Crippen molar-refractivity contribution in [2.24, 2.45) is 0 Å². The maximum atomic E-state index is 12.8. The number of amides is 1. The van der Waals surface area contributed by atoms with E-state index < -0.39 is 0 Å². The molecule has 1 amide bonds. The van der Waals surface area contributed by atoms with Crippen LogP contribution in [0, 0.1) is 0 Å². The van der Waals surface area contributed by atoms with Crippen LogP contribution in [0.15, 0.2) is 42.6 Å². The van der Waals surface area contributed by atoms with Crippen LogP contribution in [0.2, 0.25) is 0 Å². The number of carbonyl (C=O) groups is 1. The van der Waals surface area contributed by atoms with Crippen molar-refractivity contribution < 1.29 is 9.53 Å². The van der Waals surface area contributed by atoms with E-state index in [2.05, 4.69) is 22.1 Å². The Morgan fingerprint density at radius 2 is 2.13 bits per heavy atom. The van der Waals surface area contributed by atoms with Crippen LogP contribution >= 0.6 is 0 Å². The number of para-hydroxylation sites is 1. The van der Waals surface area contributed by atoms with Gasteiger partial charge in [-0.3, -0.25) is 4.79 Å². The third-order valence-electron chi connectivity index (χ3n) is 4.36. The quantitative estimate of drug-likeness (QED) is 0.792. The molecule has 0 bridgehead atoms. The number of nitrogens with zero attached hydrogens (tertiary/aromatic N) is 2. The predicted octanol–water partition coefficient (Wildman–Crippen LogP) is 2.77. The van der Waals surface area contributed by atoms with Gasteiger partial charge in [0.1, 0.15) is 5.56 Å². The number of fused-ring (bicyclic) bond motifs is 3. The van der Waals surface area contributed by atoms with Crippen molar-refractivity contribution in [1.29, 1.82) is 0 Å². The molecule has 0 radical (unpaired) electrons. The Balaban J connectivity index is 1.68. The lowest BCUT2D eigenvalue weighted by Crippen LogP contribution is -2.36. The zero-order valence-corrected chi connectivity index (χ0v) is 12.9. The summed E-state index contributed by atoms with van der Waals surface area (Å²) in [6.45, 7) is 1.30. The first-order valence-corrected chi connectivity index (χ1v) is 7.64. The fraction of sp³-hybridized carbons (Fsp3) is 0.222. The predicted molar refractivity (Wildman–Crippen MR) is 87.5 cm³/mol. The molecule has 116 valence electrons. The summed E-state index contributed by atoms with van der Waals surface area (Å²) in [4.78, 5) is 22.3. The number of nitrogens with one attached hydrogen (secondary N) is 1. The topological polar surface area (TPSA) is 58.2 Å². The minimum absolute atomic E-state index is 0.0362. The van der Waals surface area contributed by atoms with Crippen molar-refractivity contribution in [3.05, 3.63) is 59.4 Å². The maximum Gasteiger partial charge on any atom is 0.259 e. The van der Waals surface area contributed by atoms with Crippen molar-refractivity contribution in [2.75, 3.05) is 13.7 Å². The molecule has 23 heavy (non-hydrogen) atoms. The first kappa shape index (κ1) is 13.8. The summed E-state index contributed by atoms with van der Waals surface area (Å²) >= 11 is 0. The van der Waals surface area contributed by atoms with Crippen molar-refractivity contribution in [3.63, 3.8) is 0 Å². The molecule has 3 aromatic rings. The zero-order valence-electron chi connectivity index (χ0n) is 12.9. The second kappa shape index (κ2) is 5.43. The average Bonchev–Trinajstić information content (AvgIpc) is 2.99. The van der Waals surface area contributed by atoms with Gasteiger partial charge < -0.3 is 14.6 Å². The molecule has 3 heterocycles. The number of hydrogen-bond donors (Lipinski definition) is 1. The molecule has 1 aromatic carbocycles. The lowest BCUT2D eigenvalue weighted by Gasteiger charge is -2.27. The van der Waals surface area contributed by atoms with E-state index in [1.807, 2.05) is 17.0 Å². The molecular weight excluding hydrogens is 290 g/mol. The van der Waals surface area contributed by atoms with E-state index >= 15 is 0 Å². The number of benzene rings is 1. The fourth-order valence-electron chi connectivity index (χ4n) is 3.23. The van der Waals surface area contributed by atoms with Crippen LogP contribution in [0.1, 0.15) is 21.6 Å². The summed E-state index contributed by atoms with van der Waals surface area (Å²) in [6.07, 6.45) is 2.46. The lowest BCUT2D eigenvalue weighted by molar-refractivity contribution is 0.0731. The highest BCUT2D eigenvalue weighted by Crippen LogP contribution is 2.29. The highest BCUT2D eigenvalue weighted by molar-refractivity contribution is 5.97. The van der Waals surface area contributed by atoms with Gasteiger partial charge in [0.15, 0.2) is 0 Å². The molecule has 1 N–H and O–H groups in total. The standard InChI is InChI=1S/C18H17N3O2/c1-23-17-13(6-4-9-19-17)18(22)21-10-8-16-14(11-21)12-5-2-3-7-15(12)20-16/h2-7,9,20H,8,10-11H2,1H3. The molecule has 0 fully saturated rings. The van der Waals surface area contributed by atoms with Gasteiger partial charge >= 0.3 is 0 Å². The van der Waals surface area contributed by atoms with Crippen LogP contribution in [0.25, 0.3) is 10.9 Å². The van der Waals surface area contributed by atoms with Gasteiger partial charge in [-0.15, -0.1) is 0 Å². The summed E-state index contributed by atoms with van der Waals surface area (Å²) in [5.74, 6) is 0.341. The summed E-state index contributed by atoms with van der Waals surface area (Å²) in [7, 11) is 1.53. The van der Waals surface area contributed by atoms with E-state index in [0.717, 1.165) is 11.9 Å². The number of H-pyrrole nitrogens is 1. The van der Waals surface area contributed by atoms with Crippen molar-refractivity contribution >= 4 is 16.8 Å². The van der Waals surface area contributed by atoms with Crippen LogP contribution in [-0.2, 0) is 13.0 Å². The molecule has 0 saturated heterocycles. The van der Waals surface area contributed by atoms with E-state index in [4.69, 9.17) is 4.74 Å². The van der Waals surface area contributed by atoms with Gasteiger partial charge in [-0.1, -0.05) is 18.2 Å². The fourth-order valence-corrected chi connectivity index (χ4v) is 3.23. The molecule has 1 aliphatic rings. The Kier molecular flexibility index (Phi) is 3.26. The first-order chi connectivity index (χ1) is 11.3. The van der Waals surface area contributed by atoms with Crippen LogP contribution < -0.4 is 4.74 Å². The Labute approximate surface area is 133 Å². The van der Waals surface area contributed by atoms with Crippen LogP contribution in [0.4, 0.5) is 0 Å². The molecule has 0 atom stereocenters. The molecular formula is C18H17N3O2. The van der Waals surface area contributed by atoms with Crippen molar-refractivity contribution in [2.45, 2.75) is 13.0 Å². The zero-order chi connectivity index (χ0) is 15.8. The highest BCUT2D eigenvalue weighted by Gasteiger charge is 2.26. The monoisotopic (exact) mass is 307 g/mol. The summed E-state index contributed by atoms with van der Waals surface area (Å²) < 4.78 is 5.22. The number of rotatable bonds is 2. The second-order valence-corrected chi connectivity index (χ2v) is 5.66. The van der Waals surface area contributed by atoms with Gasteiger partial charge in [0.05, 0.1) is 7.11 Å². The van der Waals surface area contributed by atoms with Gasteiger partial charge in [-0.05, 0) is 18.2 Å². The van der Waals surface area contributed by atoms with Gasteiger partial charge in [0.25, 0.3) is 5.91 Å². The number of ether oxygens (including phenoxy) is 1. The minimum atomic E-state index is -0.0362. The number of methoxy groups -OCH3 is 1. The molecule has 0 aliphatic carbocycles. The SMILES string of the molecule is COc1ncccc1C(=O)N1CCc2[nH]c3ccccc3c2C1. The molecule has 5 nitrogen and oxygen atoms in total. The van der Waals surface area contributed by atoms with E-state index in [1.165, 1.54) is 23.8 Å². The van der Waals surface area contributed by atoms with Crippen LogP contribution in [-0.4, -0.2) is 34.4 Å². The van der Waals surface area contributed by atoms with Crippen molar-refractivity contribution in [3.8, 4) is 5.88 Å². The summed E-state index contributed by atoms with van der Waals surface area (Å²) in [5, 5.41) is 1.19. The normalized spacial score (nSPS) is 13.9. The average molecular weight is 307 g/mol. The Morgan fingerprint density at radius 1 is 1.26 bits per heavy atom. The minimum Gasteiger partial charge on any atom is -0.480 e. The number of aromatic amines is 1. The molecule has 4 rings (SSSR count). The number of pyridine rings is 1. The number of carbonyl (C=O) groups excluding carboxylic acids is 1. The van der Waals surface area contributed by atoms with Gasteiger partial charge in [-0.2, -0.15) is 0 Å². The van der Waals surface area contributed by atoms with E-state index in [0.29, 0.717) is 24.5 Å². The van der Waals surface area contributed by atoms with Gasteiger partial charge in [0, 0.05) is 47.9 Å². The molecule has 0 unspecified atom stereocenters. The first-order valence-electron chi connectivity index (χ1n) is 7.64. The van der Waals surface area contributed by atoms with Crippen molar-refractivity contribution in [1.82, 2.24) is 14.9 Å². The Bertz CT molecular complexity index is 885. The van der Waals surface area contributed by atoms with Crippen LogP contribution in [0.5, 0.6) is 5.88 Å². The molecule has 0 spiro atoms. The third kappa shape index (κ3) is 2.25. The summed E-state index contributed by atoms with van der Waals surface area (Å²) in [5.41, 5.74) is 4.08. The van der Waals surface area contributed by atoms with E-state index in [1.54, 1.807) is 18.3 Å². The second-order valence-electron chi connectivity index (χ2n) is 5.66. The molecule has 5 heteroatoms. The van der Waals surface area contributed by atoms with E-state index in [-0.39, 0.29) is 5.91 Å². The van der Waals surface area contributed by atoms with Gasteiger partial charge in [0.2, 0.25) is 5.88 Å². The largest absolute Gasteiger partial charge is 0.480 e. The number of hydrogen-bond acceptors (Lipinski definition) is 3. The Morgan fingerprint density at radius 3 is 3.00 bits per heavy atom. The molecule has 2 aromatic heterocycles. The Hall–Kier alpha value is -2.82. The lowest BCUT2D eigenvalue weighted by atomic mass is 10.0.